The van der Waals surface area contributed by atoms with Crippen molar-refractivity contribution >= 4 is 11.0 Å². The lowest BCUT2D eigenvalue weighted by atomic mass is 10.0. The van der Waals surface area contributed by atoms with Crippen LogP contribution in [0.1, 0.15) is 49.5 Å². The van der Waals surface area contributed by atoms with Crippen molar-refractivity contribution in [2.75, 3.05) is 6.61 Å². The van der Waals surface area contributed by atoms with E-state index >= 15 is 0 Å². The van der Waals surface area contributed by atoms with E-state index in [0.717, 1.165) is 41.7 Å². The average Bonchev–Trinajstić information content (AvgIpc) is 2.91. The van der Waals surface area contributed by atoms with E-state index in [0.29, 0.717) is 6.10 Å². The predicted octanol–water partition coefficient (Wildman–Crippen LogP) is 4.09. The van der Waals surface area contributed by atoms with Crippen LogP contribution in [0.25, 0.3) is 11.0 Å². The number of hydrogen-bond donors (Lipinski definition) is 1. The summed E-state index contributed by atoms with van der Waals surface area (Å²) in [5.41, 5.74) is 8.40. The molecule has 0 radical (unpaired) electrons. The predicted molar refractivity (Wildman–Crippen MR) is 80.7 cm³/mol. The molecule has 1 aromatic carbocycles. The Morgan fingerprint density at radius 1 is 1.35 bits per heavy atom. The molecular formula is C17H23NO2. The van der Waals surface area contributed by atoms with Crippen LogP contribution in [0.4, 0.5) is 0 Å². The molecule has 2 heterocycles. The van der Waals surface area contributed by atoms with Gasteiger partial charge in [-0.25, -0.2) is 0 Å². The third-order valence-electron chi connectivity index (χ3n) is 4.20. The van der Waals surface area contributed by atoms with Crippen LogP contribution < -0.4 is 5.73 Å². The summed E-state index contributed by atoms with van der Waals surface area (Å²) in [6, 6.07) is 8.24. The van der Waals surface area contributed by atoms with E-state index in [9.17, 15) is 0 Å². The van der Waals surface area contributed by atoms with Gasteiger partial charge in [-0.05, 0) is 50.7 Å². The van der Waals surface area contributed by atoms with Crippen LogP contribution in [-0.4, -0.2) is 12.7 Å². The van der Waals surface area contributed by atoms with Crippen LogP contribution in [0.3, 0.4) is 0 Å². The number of hydrogen-bond acceptors (Lipinski definition) is 3. The van der Waals surface area contributed by atoms with Crippen molar-refractivity contribution in [1.29, 1.82) is 0 Å². The summed E-state index contributed by atoms with van der Waals surface area (Å²) in [5.74, 6) is 0.894. The minimum Gasteiger partial charge on any atom is -0.459 e. The maximum absolute atomic E-state index is 6.28. The van der Waals surface area contributed by atoms with Crippen LogP contribution in [0.2, 0.25) is 0 Å². The topological polar surface area (TPSA) is 48.4 Å². The van der Waals surface area contributed by atoms with Crippen molar-refractivity contribution in [3.63, 3.8) is 0 Å². The molecule has 1 aliphatic rings. The lowest BCUT2D eigenvalue weighted by Crippen LogP contribution is -2.21. The Morgan fingerprint density at radius 3 is 3.00 bits per heavy atom. The van der Waals surface area contributed by atoms with E-state index in [1.807, 2.05) is 0 Å². The molecule has 1 aromatic heterocycles. The van der Waals surface area contributed by atoms with Crippen LogP contribution in [-0.2, 0) is 4.74 Å². The fourth-order valence-corrected chi connectivity index (χ4v) is 2.95. The van der Waals surface area contributed by atoms with Crippen LogP contribution in [0.15, 0.2) is 28.7 Å². The highest BCUT2D eigenvalue weighted by molar-refractivity contribution is 5.80. The van der Waals surface area contributed by atoms with Crippen LogP contribution in [0, 0.1) is 6.92 Å². The Morgan fingerprint density at radius 2 is 2.25 bits per heavy atom. The zero-order valence-electron chi connectivity index (χ0n) is 12.1. The first-order chi connectivity index (χ1) is 9.74. The van der Waals surface area contributed by atoms with Gasteiger partial charge in [0.2, 0.25) is 0 Å². The first-order valence-corrected chi connectivity index (χ1v) is 7.60. The van der Waals surface area contributed by atoms with Gasteiger partial charge >= 0.3 is 0 Å². The first kappa shape index (κ1) is 13.7. The zero-order valence-corrected chi connectivity index (χ0v) is 12.1. The van der Waals surface area contributed by atoms with Gasteiger partial charge in [-0.2, -0.15) is 0 Å². The van der Waals surface area contributed by atoms with Crippen molar-refractivity contribution in [1.82, 2.24) is 0 Å². The van der Waals surface area contributed by atoms with Crippen LogP contribution >= 0.6 is 0 Å². The molecule has 1 fully saturated rings. The zero-order chi connectivity index (χ0) is 13.9. The monoisotopic (exact) mass is 273 g/mol. The second-order valence-electron chi connectivity index (χ2n) is 5.81. The lowest BCUT2D eigenvalue weighted by molar-refractivity contribution is 0.00887. The fraction of sp³-hybridized carbons (Fsp3) is 0.529. The van der Waals surface area contributed by atoms with E-state index in [1.165, 1.54) is 19.3 Å². The lowest BCUT2D eigenvalue weighted by Gasteiger charge is -2.23. The van der Waals surface area contributed by atoms with Gasteiger partial charge in [0.15, 0.2) is 0 Å². The summed E-state index contributed by atoms with van der Waals surface area (Å²) in [5, 5.41) is 1.14. The summed E-state index contributed by atoms with van der Waals surface area (Å²) in [4.78, 5) is 0. The van der Waals surface area contributed by atoms with Crippen LogP contribution in [0.5, 0.6) is 0 Å². The summed E-state index contributed by atoms with van der Waals surface area (Å²) in [6.45, 7) is 2.97. The Bertz CT molecular complexity index is 569. The molecule has 3 nitrogen and oxygen atoms in total. The maximum Gasteiger partial charge on any atom is 0.137 e. The smallest absolute Gasteiger partial charge is 0.137 e. The standard InChI is InChI=1S/C17H23NO2/c1-12-5-4-6-13-11-16(20-17(12)13)15(18)9-8-14-7-2-3-10-19-14/h4-6,11,14-15H,2-3,7-10,18H2,1H3. The molecule has 0 bridgehead atoms. The Labute approximate surface area is 120 Å². The first-order valence-electron chi connectivity index (χ1n) is 7.60. The van der Waals surface area contributed by atoms with Gasteiger partial charge in [0.1, 0.15) is 11.3 Å². The van der Waals surface area contributed by atoms with E-state index in [1.54, 1.807) is 0 Å². The van der Waals surface area contributed by atoms with E-state index in [2.05, 4.69) is 31.2 Å². The molecular weight excluding hydrogens is 250 g/mol. The summed E-state index contributed by atoms with van der Waals surface area (Å²) in [7, 11) is 0. The SMILES string of the molecule is Cc1cccc2cc(C(N)CCC3CCCCO3)oc12. The Balaban J connectivity index is 1.65. The second kappa shape index (κ2) is 5.98. The minimum atomic E-state index is -0.0349. The minimum absolute atomic E-state index is 0.0349. The number of fused-ring (bicyclic) bond motifs is 1. The summed E-state index contributed by atoms with van der Waals surface area (Å²) < 4.78 is 11.7. The largest absolute Gasteiger partial charge is 0.459 e. The van der Waals surface area contributed by atoms with Gasteiger partial charge in [-0.3, -0.25) is 0 Å². The highest BCUT2D eigenvalue weighted by Gasteiger charge is 2.18. The van der Waals surface area contributed by atoms with Gasteiger partial charge in [0.05, 0.1) is 12.1 Å². The molecule has 3 rings (SSSR count). The number of rotatable bonds is 4. The Hall–Kier alpha value is -1.32. The van der Waals surface area contributed by atoms with Crippen molar-refractivity contribution in [3.05, 3.63) is 35.6 Å². The van der Waals surface area contributed by atoms with Gasteiger partial charge < -0.3 is 14.9 Å². The molecule has 0 saturated carbocycles. The van der Waals surface area contributed by atoms with Gasteiger partial charge in [0, 0.05) is 12.0 Å². The number of nitrogens with two attached hydrogens (primary N) is 1. The molecule has 2 unspecified atom stereocenters. The van der Waals surface area contributed by atoms with E-state index in [4.69, 9.17) is 14.9 Å². The molecule has 2 atom stereocenters. The molecule has 0 spiro atoms. The number of aryl methyl sites for hydroxylation is 1. The third-order valence-corrected chi connectivity index (χ3v) is 4.20. The second-order valence-corrected chi connectivity index (χ2v) is 5.81. The highest BCUT2D eigenvalue weighted by Crippen LogP contribution is 2.28. The Kier molecular flexibility index (Phi) is 4.08. The number of furan rings is 1. The molecule has 2 aromatic rings. The molecule has 0 amide bonds. The number of ether oxygens (including phenoxy) is 1. The number of para-hydroxylation sites is 1. The quantitative estimate of drug-likeness (QED) is 0.912. The molecule has 108 valence electrons. The highest BCUT2D eigenvalue weighted by atomic mass is 16.5. The number of benzene rings is 1. The normalized spacial score (nSPS) is 21.2. The van der Waals surface area contributed by atoms with Crippen molar-refractivity contribution in [2.45, 2.75) is 51.2 Å². The molecule has 1 aliphatic heterocycles. The maximum atomic E-state index is 6.28. The van der Waals surface area contributed by atoms with Gasteiger partial charge in [-0.15, -0.1) is 0 Å². The van der Waals surface area contributed by atoms with Gasteiger partial charge in [-0.1, -0.05) is 18.2 Å². The summed E-state index contributed by atoms with van der Waals surface area (Å²) in [6.07, 6.45) is 5.99. The third kappa shape index (κ3) is 2.89. The van der Waals surface area contributed by atoms with Crippen molar-refractivity contribution in [2.24, 2.45) is 5.73 Å². The molecule has 20 heavy (non-hydrogen) atoms. The van der Waals surface area contributed by atoms with Crippen molar-refractivity contribution in [3.8, 4) is 0 Å². The van der Waals surface area contributed by atoms with E-state index in [-0.39, 0.29) is 6.04 Å². The summed E-state index contributed by atoms with van der Waals surface area (Å²) >= 11 is 0. The molecule has 2 N–H and O–H groups in total. The molecule has 3 heteroatoms. The fourth-order valence-electron chi connectivity index (χ4n) is 2.95. The van der Waals surface area contributed by atoms with E-state index < -0.39 is 0 Å². The molecule has 1 saturated heterocycles. The van der Waals surface area contributed by atoms with Crippen molar-refractivity contribution < 1.29 is 9.15 Å². The molecule has 0 aliphatic carbocycles. The van der Waals surface area contributed by atoms with Gasteiger partial charge in [0.25, 0.3) is 0 Å². The average molecular weight is 273 g/mol.